The van der Waals surface area contributed by atoms with E-state index in [2.05, 4.69) is 10.5 Å². The van der Waals surface area contributed by atoms with Gasteiger partial charge in [-0.25, -0.2) is 0 Å². The third-order valence-corrected chi connectivity index (χ3v) is 3.64. The van der Waals surface area contributed by atoms with E-state index in [0.29, 0.717) is 5.69 Å². The van der Waals surface area contributed by atoms with Gasteiger partial charge in [-0.3, -0.25) is 14.4 Å². The van der Waals surface area contributed by atoms with Crippen LogP contribution in [-0.2, 0) is 9.59 Å². The summed E-state index contributed by atoms with van der Waals surface area (Å²) in [4.78, 5) is 34.8. The zero-order chi connectivity index (χ0) is 13.3. The van der Waals surface area contributed by atoms with Crippen LogP contribution in [0.5, 0.6) is 0 Å². The van der Waals surface area contributed by atoms with Crippen molar-refractivity contribution in [2.75, 3.05) is 0 Å². The molecule has 1 aliphatic heterocycles. The maximum atomic E-state index is 11.8. The summed E-state index contributed by atoms with van der Waals surface area (Å²) >= 11 is 5.72. The zero-order valence-electron chi connectivity index (χ0n) is 9.26. The van der Waals surface area contributed by atoms with Crippen LogP contribution in [0.25, 0.3) is 0 Å². The Morgan fingerprint density at radius 3 is 2.83 bits per heavy atom. The fraction of sp³-hybridized carbons (Fsp3) is 0.300. The van der Waals surface area contributed by atoms with Crippen molar-refractivity contribution in [3.8, 4) is 0 Å². The molecule has 1 saturated heterocycles. The maximum absolute atomic E-state index is 11.8. The molecule has 0 aromatic carbocycles. The Bertz CT molecular complexity index is 552. The summed E-state index contributed by atoms with van der Waals surface area (Å²) in [5.41, 5.74) is 0.556. The third-order valence-electron chi connectivity index (χ3n) is 2.22. The minimum atomic E-state index is -0.939. The molecule has 1 aliphatic rings. The first-order valence-electron chi connectivity index (χ1n) is 4.98. The first-order chi connectivity index (χ1) is 8.47. The Hall–Kier alpha value is -1.54. The molecule has 0 aliphatic carbocycles. The highest BCUT2D eigenvalue weighted by atomic mass is 32.2. The van der Waals surface area contributed by atoms with Crippen molar-refractivity contribution in [2.24, 2.45) is 0 Å². The maximum Gasteiger partial charge on any atom is 0.246 e. The van der Waals surface area contributed by atoms with E-state index in [4.69, 9.17) is 16.7 Å². The number of aromatic nitrogens is 1. The van der Waals surface area contributed by atoms with Gasteiger partial charge in [-0.15, -0.1) is 0 Å². The lowest BCUT2D eigenvalue weighted by Gasteiger charge is -2.01. The number of rotatable bonds is 4. The molecule has 1 amide bonds. The number of thioether (sulfide) groups is 1. The quantitative estimate of drug-likeness (QED) is 0.493. The molecule has 18 heavy (non-hydrogen) atoms. The molecule has 2 rings (SSSR count). The number of carbonyl (C=O) groups is 3. The fourth-order valence-electron chi connectivity index (χ4n) is 1.40. The number of Topliss-reactive ketones (excluding diaryl/α,β-unsaturated/α-hetero) is 2. The molecular formula is C10H8N2O4S2. The molecule has 1 unspecified atom stereocenters. The lowest BCUT2D eigenvalue weighted by Crippen LogP contribution is -2.30. The lowest BCUT2D eigenvalue weighted by molar-refractivity contribution is -0.125. The van der Waals surface area contributed by atoms with E-state index < -0.39 is 29.1 Å². The standard InChI is InChI=1S/C10H8N2O4S2/c1-4-2-7(16-12-4)5(13)3-6(14)8-9(15)11-10(17)18-8/h2,8H,3H2,1H3,(H,11,15,17). The second kappa shape index (κ2) is 4.99. The van der Waals surface area contributed by atoms with Gasteiger partial charge in [0.25, 0.3) is 0 Å². The van der Waals surface area contributed by atoms with Gasteiger partial charge >= 0.3 is 0 Å². The van der Waals surface area contributed by atoms with E-state index in [0.717, 1.165) is 11.8 Å². The molecule has 6 nitrogen and oxygen atoms in total. The molecule has 94 valence electrons. The van der Waals surface area contributed by atoms with Crippen LogP contribution in [0.4, 0.5) is 0 Å². The van der Waals surface area contributed by atoms with Gasteiger partial charge in [0.15, 0.2) is 5.78 Å². The van der Waals surface area contributed by atoms with Gasteiger partial charge in [0.05, 0.1) is 12.1 Å². The van der Waals surface area contributed by atoms with Crippen molar-refractivity contribution >= 4 is 45.8 Å². The molecule has 1 atom stereocenters. The molecule has 0 radical (unpaired) electrons. The predicted octanol–water partition coefficient (Wildman–Crippen LogP) is 0.641. The van der Waals surface area contributed by atoms with Gasteiger partial charge in [-0.05, 0) is 6.92 Å². The summed E-state index contributed by atoms with van der Waals surface area (Å²) in [5.74, 6) is -1.44. The average molecular weight is 284 g/mol. The van der Waals surface area contributed by atoms with Crippen LogP contribution >= 0.6 is 24.0 Å². The molecule has 1 aromatic rings. The molecule has 0 saturated carbocycles. The molecule has 0 spiro atoms. The van der Waals surface area contributed by atoms with Crippen molar-refractivity contribution in [1.82, 2.24) is 10.5 Å². The third kappa shape index (κ3) is 2.65. The monoisotopic (exact) mass is 284 g/mol. The molecule has 2 heterocycles. The van der Waals surface area contributed by atoms with E-state index in [1.807, 2.05) is 0 Å². The van der Waals surface area contributed by atoms with Gasteiger partial charge in [-0.1, -0.05) is 29.1 Å². The van der Waals surface area contributed by atoms with E-state index in [-0.39, 0.29) is 10.1 Å². The van der Waals surface area contributed by atoms with Crippen LogP contribution < -0.4 is 5.32 Å². The summed E-state index contributed by atoms with van der Waals surface area (Å²) in [6, 6.07) is 1.45. The van der Waals surface area contributed by atoms with Crippen LogP contribution in [0.1, 0.15) is 22.7 Å². The second-order valence-corrected chi connectivity index (χ2v) is 5.46. The Morgan fingerprint density at radius 1 is 1.61 bits per heavy atom. The highest BCUT2D eigenvalue weighted by Gasteiger charge is 2.36. The van der Waals surface area contributed by atoms with Gasteiger partial charge in [-0.2, -0.15) is 0 Å². The first kappa shape index (κ1) is 12.9. The molecule has 1 aromatic heterocycles. The average Bonchev–Trinajstić information content (AvgIpc) is 2.84. The number of aryl methyl sites for hydroxylation is 1. The highest BCUT2D eigenvalue weighted by Crippen LogP contribution is 2.22. The van der Waals surface area contributed by atoms with Crippen molar-refractivity contribution in [1.29, 1.82) is 0 Å². The van der Waals surface area contributed by atoms with Crippen LogP contribution in [0.2, 0.25) is 0 Å². The molecule has 0 bridgehead atoms. The highest BCUT2D eigenvalue weighted by molar-refractivity contribution is 8.24. The topological polar surface area (TPSA) is 89.3 Å². The predicted molar refractivity (Wildman–Crippen MR) is 67.3 cm³/mol. The summed E-state index contributed by atoms with van der Waals surface area (Å²) in [6.07, 6.45) is -0.400. The van der Waals surface area contributed by atoms with Crippen molar-refractivity contribution in [2.45, 2.75) is 18.6 Å². The van der Waals surface area contributed by atoms with Crippen LogP contribution in [0, 0.1) is 6.92 Å². The number of hydrogen-bond acceptors (Lipinski definition) is 7. The van der Waals surface area contributed by atoms with Crippen LogP contribution in [-0.4, -0.2) is 32.2 Å². The van der Waals surface area contributed by atoms with E-state index in [9.17, 15) is 14.4 Å². The molecule has 8 heteroatoms. The smallest absolute Gasteiger partial charge is 0.246 e. The number of thiocarbonyl (C=S) groups is 1. The number of nitrogens with one attached hydrogen (secondary N) is 1. The number of hydrogen-bond donors (Lipinski definition) is 1. The van der Waals surface area contributed by atoms with Gasteiger partial charge in [0.1, 0.15) is 9.57 Å². The number of nitrogens with zero attached hydrogens (tertiary/aromatic N) is 1. The van der Waals surface area contributed by atoms with Crippen molar-refractivity contribution < 1.29 is 18.9 Å². The minimum Gasteiger partial charge on any atom is -0.353 e. The van der Waals surface area contributed by atoms with E-state index in [1.165, 1.54) is 6.07 Å². The SMILES string of the molecule is Cc1cc(C(=O)CC(=O)C2SC(=S)NC2=O)on1. The second-order valence-electron chi connectivity index (χ2n) is 3.67. The minimum absolute atomic E-state index is 0.0202. The van der Waals surface area contributed by atoms with Crippen LogP contribution in [0.15, 0.2) is 10.6 Å². The number of ketones is 2. The molecular weight excluding hydrogens is 276 g/mol. The summed E-state index contributed by atoms with van der Waals surface area (Å²) in [7, 11) is 0. The van der Waals surface area contributed by atoms with E-state index in [1.54, 1.807) is 6.92 Å². The van der Waals surface area contributed by atoms with Crippen molar-refractivity contribution in [3.05, 3.63) is 17.5 Å². The number of carbonyl (C=O) groups excluding carboxylic acids is 3. The Morgan fingerprint density at radius 2 is 2.33 bits per heavy atom. The van der Waals surface area contributed by atoms with Crippen LogP contribution in [0.3, 0.4) is 0 Å². The fourth-order valence-corrected chi connectivity index (χ4v) is 2.54. The normalized spacial score (nSPS) is 18.8. The Kier molecular flexibility index (Phi) is 3.58. The summed E-state index contributed by atoms with van der Waals surface area (Å²) in [6.45, 7) is 1.67. The molecule has 1 fully saturated rings. The van der Waals surface area contributed by atoms with E-state index >= 15 is 0 Å². The Labute approximate surface area is 111 Å². The number of amides is 1. The van der Waals surface area contributed by atoms with Gasteiger partial charge in [0.2, 0.25) is 17.5 Å². The molecule has 1 N–H and O–H groups in total. The lowest BCUT2D eigenvalue weighted by atomic mass is 10.1. The zero-order valence-corrected chi connectivity index (χ0v) is 10.9. The van der Waals surface area contributed by atoms with Gasteiger partial charge in [0, 0.05) is 6.07 Å². The Balaban J connectivity index is 2.02. The summed E-state index contributed by atoms with van der Waals surface area (Å²) < 4.78 is 5.00. The van der Waals surface area contributed by atoms with Crippen molar-refractivity contribution in [3.63, 3.8) is 0 Å². The first-order valence-corrected chi connectivity index (χ1v) is 6.27. The van der Waals surface area contributed by atoms with Gasteiger partial charge < -0.3 is 9.84 Å². The summed E-state index contributed by atoms with van der Waals surface area (Å²) in [5, 5.41) is 4.97. The largest absolute Gasteiger partial charge is 0.353 e.